The molecule has 20 heavy (non-hydrogen) atoms. The highest BCUT2D eigenvalue weighted by Crippen LogP contribution is 2.38. The summed E-state index contributed by atoms with van der Waals surface area (Å²) in [6.07, 6.45) is 0.848. The van der Waals surface area contributed by atoms with Gasteiger partial charge >= 0.3 is 0 Å². The van der Waals surface area contributed by atoms with Crippen molar-refractivity contribution in [2.75, 3.05) is 20.8 Å². The van der Waals surface area contributed by atoms with E-state index in [2.05, 4.69) is 12.1 Å². The van der Waals surface area contributed by atoms with Gasteiger partial charge in [0.2, 0.25) is 0 Å². The molecule has 2 aromatic rings. The summed E-state index contributed by atoms with van der Waals surface area (Å²) in [4.78, 5) is 0. The van der Waals surface area contributed by atoms with Crippen molar-refractivity contribution >= 4 is 0 Å². The minimum absolute atomic E-state index is 0.173. The van der Waals surface area contributed by atoms with E-state index in [9.17, 15) is 0 Å². The topological polar surface area (TPSA) is 44.5 Å². The van der Waals surface area contributed by atoms with Gasteiger partial charge in [0.25, 0.3) is 0 Å². The summed E-state index contributed by atoms with van der Waals surface area (Å²) < 4.78 is 11.0. The second-order valence-electron chi connectivity index (χ2n) is 4.61. The van der Waals surface area contributed by atoms with Crippen molar-refractivity contribution in [2.24, 2.45) is 5.73 Å². The van der Waals surface area contributed by atoms with Crippen LogP contribution >= 0.6 is 0 Å². The summed E-state index contributed by atoms with van der Waals surface area (Å²) in [5, 5.41) is 0. The number of ether oxygens (including phenoxy) is 2. The molecule has 0 spiro atoms. The highest BCUT2D eigenvalue weighted by Gasteiger charge is 2.20. The molecule has 0 saturated carbocycles. The lowest BCUT2D eigenvalue weighted by molar-refractivity contribution is 0.398. The summed E-state index contributed by atoms with van der Waals surface area (Å²) >= 11 is 0. The molecule has 0 fully saturated rings. The van der Waals surface area contributed by atoms with E-state index in [0.717, 1.165) is 29.0 Å². The van der Waals surface area contributed by atoms with Crippen molar-refractivity contribution in [3.05, 3.63) is 59.7 Å². The Bertz CT molecular complexity index is 507. The molecule has 0 atom stereocenters. The van der Waals surface area contributed by atoms with Crippen molar-refractivity contribution in [3.63, 3.8) is 0 Å². The SMILES string of the molecule is COc1ccccc1C(CCN)c1ccccc1OC. The van der Waals surface area contributed by atoms with Gasteiger partial charge in [0.05, 0.1) is 14.2 Å². The fourth-order valence-electron chi connectivity index (χ4n) is 2.55. The van der Waals surface area contributed by atoms with Gasteiger partial charge in [0, 0.05) is 17.0 Å². The first kappa shape index (κ1) is 14.4. The van der Waals surface area contributed by atoms with Crippen LogP contribution in [0, 0.1) is 0 Å². The maximum Gasteiger partial charge on any atom is 0.122 e. The Morgan fingerprint density at radius 3 is 1.70 bits per heavy atom. The number of hydrogen-bond donors (Lipinski definition) is 1. The summed E-state index contributed by atoms with van der Waals surface area (Å²) in [7, 11) is 3.39. The Morgan fingerprint density at radius 2 is 1.30 bits per heavy atom. The lowest BCUT2D eigenvalue weighted by Crippen LogP contribution is -2.11. The minimum atomic E-state index is 0.173. The first-order valence-electron chi connectivity index (χ1n) is 6.77. The Labute approximate surface area is 120 Å². The van der Waals surface area contributed by atoms with Gasteiger partial charge in [0.1, 0.15) is 11.5 Å². The number of rotatable bonds is 6. The first-order valence-corrected chi connectivity index (χ1v) is 6.77. The number of benzene rings is 2. The molecule has 0 aromatic heterocycles. The highest BCUT2D eigenvalue weighted by molar-refractivity contribution is 5.47. The van der Waals surface area contributed by atoms with Crippen molar-refractivity contribution in [3.8, 4) is 11.5 Å². The van der Waals surface area contributed by atoms with Crippen LogP contribution < -0.4 is 15.2 Å². The summed E-state index contributed by atoms with van der Waals surface area (Å²) in [6, 6.07) is 16.1. The Morgan fingerprint density at radius 1 is 0.850 bits per heavy atom. The molecule has 0 aliphatic rings. The fourth-order valence-corrected chi connectivity index (χ4v) is 2.55. The van der Waals surface area contributed by atoms with Crippen LogP contribution in [-0.4, -0.2) is 20.8 Å². The molecule has 2 rings (SSSR count). The largest absolute Gasteiger partial charge is 0.496 e. The zero-order valence-corrected chi connectivity index (χ0v) is 12.0. The summed E-state index contributed by atoms with van der Waals surface area (Å²) in [6.45, 7) is 0.612. The van der Waals surface area contributed by atoms with Gasteiger partial charge < -0.3 is 15.2 Å². The lowest BCUT2D eigenvalue weighted by atomic mass is 9.87. The number of para-hydroxylation sites is 2. The van der Waals surface area contributed by atoms with Crippen LogP contribution in [0.1, 0.15) is 23.5 Å². The lowest BCUT2D eigenvalue weighted by Gasteiger charge is -2.21. The quantitative estimate of drug-likeness (QED) is 0.877. The average molecular weight is 271 g/mol. The molecule has 0 unspecified atom stereocenters. The monoisotopic (exact) mass is 271 g/mol. The molecule has 0 amide bonds. The molecule has 106 valence electrons. The minimum Gasteiger partial charge on any atom is -0.496 e. The molecule has 0 aliphatic heterocycles. The maximum absolute atomic E-state index is 5.81. The van der Waals surface area contributed by atoms with E-state index in [1.807, 2.05) is 36.4 Å². The molecular formula is C17H21NO2. The third kappa shape index (κ3) is 2.94. The van der Waals surface area contributed by atoms with Crippen LogP contribution in [0.5, 0.6) is 11.5 Å². The summed E-state index contributed by atoms with van der Waals surface area (Å²) in [5.41, 5.74) is 8.09. The third-order valence-corrected chi connectivity index (χ3v) is 3.48. The molecule has 3 heteroatoms. The van der Waals surface area contributed by atoms with Crippen LogP contribution in [0.15, 0.2) is 48.5 Å². The molecule has 0 radical (unpaired) electrons. The first-order chi connectivity index (χ1) is 9.81. The third-order valence-electron chi connectivity index (χ3n) is 3.48. The molecule has 0 saturated heterocycles. The Balaban J connectivity index is 2.50. The van der Waals surface area contributed by atoms with E-state index >= 15 is 0 Å². The maximum atomic E-state index is 5.81. The molecule has 0 bridgehead atoms. The fraction of sp³-hybridized carbons (Fsp3) is 0.294. The van der Waals surface area contributed by atoms with Crippen LogP contribution in [0.25, 0.3) is 0 Å². The van der Waals surface area contributed by atoms with Crippen LogP contribution in [0.3, 0.4) is 0 Å². The standard InChI is InChI=1S/C17H21NO2/c1-19-16-9-5-3-7-14(16)13(11-12-18)15-8-4-6-10-17(15)20-2/h3-10,13H,11-12,18H2,1-2H3. The molecule has 0 heterocycles. The van der Waals surface area contributed by atoms with Gasteiger partial charge in [-0.3, -0.25) is 0 Å². The molecule has 3 nitrogen and oxygen atoms in total. The average Bonchev–Trinajstić information content (AvgIpc) is 2.52. The van der Waals surface area contributed by atoms with Crippen molar-refractivity contribution in [1.29, 1.82) is 0 Å². The number of nitrogens with two attached hydrogens (primary N) is 1. The molecule has 0 aliphatic carbocycles. The van der Waals surface area contributed by atoms with Gasteiger partial charge in [-0.1, -0.05) is 36.4 Å². The number of hydrogen-bond acceptors (Lipinski definition) is 3. The zero-order valence-electron chi connectivity index (χ0n) is 12.0. The zero-order chi connectivity index (χ0) is 14.4. The van der Waals surface area contributed by atoms with Crippen LogP contribution in [0.2, 0.25) is 0 Å². The Hall–Kier alpha value is -2.00. The van der Waals surface area contributed by atoms with E-state index in [4.69, 9.17) is 15.2 Å². The van der Waals surface area contributed by atoms with E-state index in [1.54, 1.807) is 14.2 Å². The van der Waals surface area contributed by atoms with Crippen molar-refractivity contribution in [1.82, 2.24) is 0 Å². The van der Waals surface area contributed by atoms with Gasteiger partial charge in [0.15, 0.2) is 0 Å². The predicted molar refractivity (Wildman–Crippen MR) is 81.5 cm³/mol. The van der Waals surface area contributed by atoms with E-state index in [1.165, 1.54) is 0 Å². The number of methoxy groups -OCH3 is 2. The predicted octanol–water partition coefficient (Wildman–Crippen LogP) is 3.18. The second-order valence-corrected chi connectivity index (χ2v) is 4.61. The van der Waals surface area contributed by atoms with Crippen molar-refractivity contribution < 1.29 is 9.47 Å². The van der Waals surface area contributed by atoms with Crippen LogP contribution in [0.4, 0.5) is 0 Å². The van der Waals surface area contributed by atoms with E-state index in [-0.39, 0.29) is 5.92 Å². The smallest absolute Gasteiger partial charge is 0.122 e. The van der Waals surface area contributed by atoms with Gasteiger partial charge in [-0.2, -0.15) is 0 Å². The van der Waals surface area contributed by atoms with E-state index < -0.39 is 0 Å². The van der Waals surface area contributed by atoms with Crippen LogP contribution in [-0.2, 0) is 0 Å². The normalized spacial score (nSPS) is 10.6. The van der Waals surface area contributed by atoms with Gasteiger partial charge in [-0.15, -0.1) is 0 Å². The molecular weight excluding hydrogens is 250 g/mol. The van der Waals surface area contributed by atoms with Gasteiger partial charge in [-0.25, -0.2) is 0 Å². The summed E-state index contributed by atoms with van der Waals surface area (Å²) in [5.74, 6) is 1.95. The van der Waals surface area contributed by atoms with E-state index in [0.29, 0.717) is 6.54 Å². The molecule has 2 N–H and O–H groups in total. The second kappa shape index (κ2) is 6.96. The highest BCUT2D eigenvalue weighted by atomic mass is 16.5. The van der Waals surface area contributed by atoms with Crippen molar-refractivity contribution in [2.45, 2.75) is 12.3 Å². The Kier molecular flexibility index (Phi) is 5.02. The van der Waals surface area contributed by atoms with Gasteiger partial charge in [-0.05, 0) is 25.1 Å². The molecule has 2 aromatic carbocycles.